The number of hydrogen-bond acceptors (Lipinski definition) is 15. The third kappa shape index (κ3) is 6.89. The van der Waals surface area contributed by atoms with E-state index in [-0.39, 0.29) is 58.7 Å². The highest BCUT2D eigenvalue weighted by atomic mass is 16.8. The first-order chi connectivity index (χ1) is 26.9. The number of rotatable bonds is 9. The van der Waals surface area contributed by atoms with Crippen molar-refractivity contribution in [3.63, 3.8) is 0 Å². The monoisotopic (exact) mass is 816 g/mol. The molecule has 0 aromatic rings. The molecule has 15 heteroatoms. The van der Waals surface area contributed by atoms with Crippen LogP contribution < -0.4 is 0 Å². The van der Waals surface area contributed by atoms with Crippen LogP contribution in [0.2, 0.25) is 0 Å². The first-order valence-corrected chi connectivity index (χ1v) is 21.6. The van der Waals surface area contributed by atoms with Crippen LogP contribution in [0.5, 0.6) is 0 Å². The van der Waals surface area contributed by atoms with E-state index in [2.05, 4.69) is 20.8 Å². The first-order valence-electron chi connectivity index (χ1n) is 21.6. The van der Waals surface area contributed by atoms with Crippen LogP contribution in [-0.4, -0.2) is 164 Å². The van der Waals surface area contributed by atoms with Crippen molar-refractivity contribution >= 4 is 0 Å². The zero-order valence-electron chi connectivity index (χ0n) is 34.4. The highest BCUT2D eigenvalue weighted by molar-refractivity contribution is 5.19. The highest BCUT2D eigenvalue weighted by Crippen LogP contribution is 2.75. The van der Waals surface area contributed by atoms with E-state index >= 15 is 0 Å². The van der Waals surface area contributed by atoms with Crippen LogP contribution in [0.3, 0.4) is 0 Å². The summed E-state index contributed by atoms with van der Waals surface area (Å²) in [4.78, 5) is 0. The lowest BCUT2D eigenvalue weighted by Gasteiger charge is -2.73. The Labute approximate surface area is 336 Å². The quantitative estimate of drug-likeness (QED) is 0.140. The maximum atomic E-state index is 12.3. The van der Waals surface area contributed by atoms with Gasteiger partial charge in [-0.05, 0) is 98.2 Å². The van der Waals surface area contributed by atoms with Crippen LogP contribution >= 0.6 is 0 Å². The Balaban J connectivity index is 1.10. The fourth-order valence-electron chi connectivity index (χ4n) is 13.9. The van der Waals surface area contributed by atoms with Gasteiger partial charge in [0.1, 0.15) is 48.8 Å². The molecule has 4 saturated carbocycles. The standard InChI is InChI=1S/C42H72O15/c1-21(16-43)23-8-13-42(20-53-23)15-14-40(4)22(35(42)52)6-7-27-38(2)11-10-28(39(3,19-46)26(38)9-12-41(27,40)5)56-37-34(32(50)30(48)25(18-45)55-37)57-36-33(51)31(49)29(47)24(17-44)54-36/h21-37,43-52H,6-20H2,1-5H3/t21-,22+,23-,24+,25+,26+,27+,28-,29+,30+,31-,32-,33+,34+,35+,36-,37-,38-,39-,40+,41+,42+/m0/s1. The molecule has 10 N–H and O–H groups in total. The van der Waals surface area contributed by atoms with Crippen LogP contribution in [0.15, 0.2) is 0 Å². The van der Waals surface area contributed by atoms with Gasteiger partial charge < -0.3 is 74.7 Å². The molecule has 4 aliphatic carbocycles. The van der Waals surface area contributed by atoms with Crippen LogP contribution in [0, 0.1) is 50.7 Å². The minimum absolute atomic E-state index is 0.0165. The second kappa shape index (κ2) is 16.3. The van der Waals surface area contributed by atoms with E-state index in [0.29, 0.717) is 18.9 Å². The molecule has 22 atom stereocenters. The summed E-state index contributed by atoms with van der Waals surface area (Å²) in [5.41, 5.74) is -1.40. The maximum absolute atomic E-state index is 12.3. The predicted molar refractivity (Wildman–Crippen MR) is 202 cm³/mol. The van der Waals surface area contributed by atoms with E-state index in [1.165, 1.54) is 0 Å². The zero-order chi connectivity index (χ0) is 41.5. The van der Waals surface area contributed by atoms with Crippen molar-refractivity contribution in [2.75, 3.05) is 33.0 Å². The Morgan fingerprint density at radius 1 is 0.632 bits per heavy atom. The van der Waals surface area contributed by atoms with E-state index < -0.39 is 92.2 Å². The summed E-state index contributed by atoms with van der Waals surface area (Å²) in [6.07, 6.45) is -8.02. The molecule has 0 amide bonds. The summed E-state index contributed by atoms with van der Waals surface area (Å²) in [6, 6.07) is 0. The van der Waals surface area contributed by atoms with E-state index in [1.54, 1.807) is 0 Å². The van der Waals surface area contributed by atoms with Gasteiger partial charge in [0.15, 0.2) is 12.6 Å². The molecule has 0 radical (unpaired) electrons. The third-order valence-corrected chi connectivity index (χ3v) is 17.9. The minimum atomic E-state index is -1.78. The van der Waals surface area contributed by atoms with Gasteiger partial charge in [0.2, 0.25) is 0 Å². The van der Waals surface area contributed by atoms with E-state index in [1.807, 2.05) is 13.8 Å². The smallest absolute Gasteiger partial charge is 0.187 e. The van der Waals surface area contributed by atoms with Crippen LogP contribution in [0.1, 0.15) is 98.8 Å². The summed E-state index contributed by atoms with van der Waals surface area (Å²) in [5, 5.41) is 107. The molecular weight excluding hydrogens is 744 g/mol. The number of ether oxygens (including phenoxy) is 5. The molecule has 7 rings (SSSR count). The highest BCUT2D eigenvalue weighted by Gasteiger charge is 2.70. The van der Waals surface area contributed by atoms with Crippen LogP contribution in [0.25, 0.3) is 0 Å². The second-order valence-electron chi connectivity index (χ2n) is 20.4. The van der Waals surface area contributed by atoms with Crippen LogP contribution in [0.4, 0.5) is 0 Å². The molecule has 7 fully saturated rings. The summed E-state index contributed by atoms with van der Waals surface area (Å²) in [5.74, 6) is 0.556. The predicted octanol–water partition coefficient (Wildman–Crippen LogP) is 0.192. The molecule has 3 aliphatic heterocycles. The summed E-state index contributed by atoms with van der Waals surface area (Å²) < 4.78 is 30.6. The lowest BCUT2D eigenvalue weighted by Crippen LogP contribution is -2.69. The Bertz CT molecular complexity index is 1380. The molecule has 15 nitrogen and oxygen atoms in total. The van der Waals surface area contributed by atoms with Crippen molar-refractivity contribution in [2.24, 2.45) is 50.7 Å². The molecule has 330 valence electrons. The molecule has 0 aromatic heterocycles. The summed E-state index contributed by atoms with van der Waals surface area (Å²) >= 11 is 0. The molecule has 3 heterocycles. The van der Waals surface area contributed by atoms with Crippen molar-refractivity contribution in [3.05, 3.63) is 0 Å². The van der Waals surface area contributed by atoms with E-state index in [4.69, 9.17) is 23.7 Å². The van der Waals surface area contributed by atoms with Crippen molar-refractivity contribution in [3.8, 4) is 0 Å². The maximum Gasteiger partial charge on any atom is 0.187 e. The average molecular weight is 817 g/mol. The van der Waals surface area contributed by atoms with Gasteiger partial charge in [0.05, 0.1) is 44.7 Å². The van der Waals surface area contributed by atoms with Crippen molar-refractivity contribution in [2.45, 2.75) is 179 Å². The molecular formula is C42H72O15. The van der Waals surface area contributed by atoms with Gasteiger partial charge in [-0.25, -0.2) is 0 Å². The molecule has 57 heavy (non-hydrogen) atoms. The van der Waals surface area contributed by atoms with Crippen LogP contribution in [-0.2, 0) is 23.7 Å². The zero-order valence-corrected chi connectivity index (χ0v) is 34.4. The number of aliphatic hydroxyl groups excluding tert-OH is 10. The molecule has 3 saturated heterocycles. The van der Waals surface area contributed by atoms with Gasteiger partial charge in [-0.2, -0.15) is 0 Å². The Kier molecular flexibility index (Phi) is 12.7. The lowest BCUT2D eigenvalue weighted by molar-refractivity contribution is -0.380. The summed E-state index contributed by atoms with van der Waals surface area (Å²) in [7, 11) is 0. The fourth-order valence-corrected chi connectivity index (χ4v) is 13.9. The number of fused-ring (bicyclic) bond motifs is 5. The van der Waals surface area contributed by atoms with E-state index in [0.717, 1.165) is 57.8 Å². The Morgan fingerprint density at radius 3 is 1.91 bits per heavy atom. The lowest BCUT2D eigenvalue weighted by atomic mass is 9.33. The molecule has 7 aliphatic rings. The summed E-state index contributed by atoms with van der Waals surface area (Å²) in [6.45, 7) is 10.4. The van der Waals surface area contributed by atoms with Gasteiger partial charge in [0, 0.05) is 23.4 Å². The number of hydrogen-bond donors (Lipinski definition) is 10. The Hall–Kier alpha value is -0.600. The Morgan fingerprint density at radius 2 is 1.30 bits per heavy atom. The van der Waals surface area contributed by atoms with E-state index in [9.17, 15) is 51.1 Å². The SMILES string of the molecule is C[C@@H](CO)[C@@H]1CC[C@@]2(CC[C@]3(C)[C@H](CC[C@@H]4[C@@]5(C)CC[C@H](O[C@@H]6O[C@H](CO)[C@@H](O)[C@H](O)[C@H]6O[C@@H]6O[C@H](CO)[C@@H](O)[C@H](O)[C@H]6O)[C@@](C)(CO)[C@@H]5CC[C@]43C)[C@H]2O)CO1. The van der Waals surface area contributed by atoms with Crippen molar-refractivity contribution in [1.82, 2.24) is 0 Å². The van der Waals surface area contributed by atoms with Crippen molar-refractivity contribution in [1.29, 1.82) is 0 Å². The normalized spacial score (nSPS) is 56.1. The van der Waals surface area contributed by atoms with Gasteiger partial charge in [-0.1, -0.05) is 34.6 Å². The molecule has 0 bridgehead atoms. The molecule has 0 unspecified atom stereocenters. The molecule has 0 aromatic carbocycles. The molecule has 1 spiro atoms. The third-order valence-electron chi connectivity index (χ3n) is 17.9. The van der Waals surface area contributed by atoms with Gasteiger partial charge >= 0.3 is 0 Å². The minimum Gasteiger partial charge on any atom is -0.396 e. The van der Waals surface area contributed by atoms with Gasteiger partial charge in [0.25, 0.3) is 0 Å². The fraction of sp³-hybridized carbons (Fsp3) is 1.00. The second-order valence-corrected chi connectivity index (χ2v) is 20.4. The van der Waals surface area contributed by atoms with Gasteiger partial charge in [-0.15, -0.1) is 0 Å². The number of aliphatic hydroxyl groups is 10. The first kappa shape index (κ1) is 44.5. The van der Waals surface area contributed by atoms with Gasteiger partial charge in [-0.3, -0.25) is 0 Å². The largest absolute Gasteiger partial charge is 0.396 e. The van der Waals surface area contributed by atoms with Crippen molar-refractivity contribution < 1.29 is 74.7 Å². The topological polar surface area (TPSA) is 248 Å². The average Bonchev–Trinajstić information content (AvgIpc) is 3.20.